The van der Waals surface area contributed by atoms with E-state index in [1.807, 2.05) is 36.0 Å². The number of hydrogen-bond donors (Lipinski definition) is 0. The van der Waals surface area contributed by atoms with E-state index in [-0.39, 0.29) is 0 Å². The zero-order valence-electron chi connectivity index (χ0n) is 11.2. The van der Waals surface area contributed by atoms with E-state index in [0.717, 1.165) is 16.0 Å². The van der Waals surface area contributed by atoms with Crippen molar-refractivity contribution in [2.75, 3.05) is 12.4 Å². The fourth-order valence-corrected chi connectivity index (χ4v) is 3.06. The number of ether oxygens (including phenoxy) is 1. The first-order valence-electron chi connectivity index (χ1n) is 6.23. The van der Waals surface area contributed by atoms with Crippen molar-refractivity contribution in [1.82, 2.24) is 0 Å². The van der Waals surface area contributed by atoms with Crippen LogP contribution in [0.4, 0.5) is 0 Å². The molecule has 3 heteroatoms. The third kappa shape index (κ3) is 4.59. The van der Waals surface area contributed by atoms with E-state index in [4.69, 9.17) is 4.74 Å². The van der Waals surface area contributed by atoms with Gasteiger partial charge >= 0.3 is 0 Å². The number of aryl methyl sites for hydroxylation is 2. The van der Waals surface area contributed by atoms with Gasteiger partial charge in [0.2, 0.25) is 0 Å². The summed E-state index contributed by atoms with van der Waals surface area (Å²) in [5.74, 6) is 1.87. The van der Waals surface area contributed by atoms with E-state index in [1.54, 1.807) is 0 Å². The van der Waals surface area contributed by atoms with E-state index in [9.17, 15) is 0 Å². The summed E-state index contributed by atoms with van der Waals surface area (Å²) >= 11 is 5.29. The fraction of sp³-hybridized carbons (Fsp3) is 0.250. The van der Waals surface area contributed by atoms with Crippen molar-refractivity contribution >= 4 is 27.7 Å². The minimum Gasteiger partial charge on any atom is -0.493 e. The van der Waals surface area contributed by atoms with Gasteiger partial charge in [0.05, 0.1) is 6.61 Å². The first-order valence-corrected chi connectivity index (χ1v) is 8.01. The highest BCUT2D eigenvalue weighted by molar-refractivity contribution is 9.10. The molecule has 0 saturated carbocycles. The van der Waals surface area contributed by atoms with Gasteiger partial charge in [0.25, 0.3) is 0 Å². The van der Waals surface area contributed by atoms with Crippen LogP contribution in [0.3, 0.4) is 0 Å². The van der Waals surface area contributed by atoms with Crippen LogP contribution in [0.15, 0.2) is 51.8 Å². The van der Waals surface area contributed by atoms with Crippen molar-refractivity contribution in [1.29, 1.82) is 0 Å². The molecule has 0 aliphatic heterocycles. The smallest absolute Gasteiger partial charge is 0.120 e. The summed E-state index contributed by atoms with van der Waals surface area (Å²) in [6.07, 6.45) is 0. The van der Waals surface area contributed by atoms with Crippen molar-refractivity contribution in [2.45, 2.75) is 18.7 Å². The van der Waals surface area contributed by atoms with Gasteiger partial charge in [0, 0.05) is 15.1 Å². The average Bonchev–Trinajstić information content (AvgIpc) is 2.39. The number of benzene rings is 2. The molecule has 0 aromatic heterocycles. The fourth-order valence-electron chi connectivity index (χ4n) is 1.73. The predicted octanol–water partition coefficient (Wildman–Crippen LogP) is 5.24. The summed E-state index contributed by atoms with van der Waals surface area (Å²) in [5.41, 5.74) is 2.64. The topological polar surface area (TPSA) is 9.23 Å². The van der Waals surface area contributed by atoms with Crippen LogP contribution in [0.2, 0.25) is 0 Å². The summed E-state index contributed by atoms with van der Waals surface area (Å²) < 4.78 is 6.78. The van der Waals surface area contributed by atoms with Crippen LogP contribution in [0.1, 0.15) is 11.1 Å². The molecule has 0 heterocycles. The van der Waals surface area contributed by atoms with E-state index in [2.05, 4.69) is 48.0 Å². The zero-order valence-corrected chi connectivity index (χ0v) is 13.6. The highest BCUT2D eigenvalue weighted by Gasteiger charge is 2.00. The zero-order chi connectivity index (χ0) is 13.7. The lowest BCUT2D eigenvalue weighted by molar-refractivity contribution is 0.344. The molecule has 0 amide bonds. The number of thioether (sulfide) groups is 1. The van der Waals surface area contributed by atoms with Crippen molar-refractivity contribution < 1.29 is 4.74 Å². The van der Waals surface area contributed by atoms with E-state index in [0.29, 0.717) is 6.61 Å². The molecule has 0 bridgehead atoms. The van der Waals surface area contributed by atoms with Crippen LogP contribution in [0.25, 0.3) is 0 Å². The van der Waals surface area contributed by atoms with Crippen molar-refractivity contribution in [3.8, 4) is 5.75 Å². The highest BCUT2D eigenvalue weighted by Crippen LogP contribution is 2.24. The summed E-state index contributed by atoms with van der Waals surface area (Å²) in [6.45, 7) is 4.99. The largest absolute Gasteiger partial charge is 0.493 e. The maximum atomic E-state index is 5.73. The number of rotatable bonds is 5. The Bertz CT molecular complexity index is 554. The summed E-state index contributed by atoms with van der Waals surface area (Å²) in [4.78, 5) is 1.35. The standard InChI is InChI=1S/C16H17BrOS/c1-12-6-7-13(2)16(10-12)19-9-8-18-15-5-3-4-14(17)11-15/h3-7,10-11H,8-9H2,1-2H3. The molecule has 0 N–H and O–H groups in total. The van der Waals surface area contributed by atoms with Crippen LogP contribution < -0.4 is 4.74 Å². The lowest BCUT2D eigenvalue weighted by Gasteiger charge is -2.08. The normalized spacial score (nSPS) is 10.5. The average molecular weight is 337 g/mol. The van der Waals surface area contributed by atoms with Gasteiger partial charge in [-0.2, -0.15) is 0 Å². The molecule has 100 valence electrons. The summed E-state index contributed by atoms with van der Waals surface area (Å²) in [5, 5.41) is 0. The van der Waals surface area contributed by atoms with Gasteiger partial charge in [-0.3, -0.25) is 0 Å². The minimum atomic E-state index is 0.717. The second-order valence-corrected chi connectivity index (χ2v) is 6.48. The first-order chi connectivity index (χ1) is 9.15. The Morgan fingerprint density at radius 2 is 1.95 bits per heavy atom. The maximum absolute atomic E-state index is 5.73. The molecule has 0 fully saturated rings. The molecule has 2 aromatic rings. The van der Waals surface area contributed by atoms with E-state index < -0.39 is 0 Å². The van der Waals surface area contributed by atoms with Crippen LogP contribution in [0.5, 0.6) is 5.75 Å². The van der Waals surface area contributed by atoms with Crippen LogP contribution in [-0.4, -0.2) is 12.4 Å². The Kier molecular flexibility index (Phi) is 5.34. The molecular formula is C16H17BrOS. The SMILES string of the molecule is Cc1ccc(C)c(SCCOc2cccc(Br)c2)c1. The lowest BCUT2D eigenvalue weighted by atomic mass is 10.2. The second-order valence-electron chi connectivity index (χ2n) is 4.42. The Hall–Kier alpha value is -0.930. The summed E-state index contributed by atoms with van der Waals surface area (Å²) in [6, 6.07) is 14.5. The van der Waals surface area contributed by atoms with Crippen LogP contribution in [0, 0.1) is 13.8 Å². The van der Waals surface area contributed by atoms with Crippen molar-refractivity contribution in [2.24, 2.45) is 0 Å². The van der Waals surface area contributed by atoms with Gasteiger partial charge in [-0.1, -0.05) is 39.7 Å². The Balaban J connectivity index is 1.82. The molecule has 0 spiro atoms. The van der Waals surface area contributed by atoms with Crippen molar-refractivity contribution in [3.05, 3.63) is 58.1 Å². The molecule has 2 rings (SSSR count). The molecule has 0 aliphatic carbocycles. The molecule has 1 nitrogen and oxygen atoms in total. The Morgan fingerprint density at radius 3 is 2.74 bits per heavy atom. The second kappa shape index (κ2) is 7.01. The van der Waals surface area contributed by atoms with Gasteiger partial charge < -0.3 is 4.74 Å². The van der Waals surface area contributed by atoms with Gasteiger partial charge in [0.1, 0.15) is 5.75 Å². The Morgan fingerprint density at radius 1 is 1.11 bits per heavy atom. The van der Waals surface area contributed by atoms with E-state index >= 15 is 0 Å². The third-order valence-corrected chi connectivity index (χ3v) is 4.36. The lowest BCUT2D eigenvalue weighted by Crippen LogP contribution is -2.00. The number of halogens is 1. The summed E-state index contributed by atoms with van der Waals surface area (Å²) in [7, 11) is 0. The molecular weight excluding hydrogens is 320 g/mol. The molecule has 0 radical (unpaired) electrons. The molecule has 0 unspecified atom stereocenters. The molecule has 0 atom stereocenters. The van der Waals surface area contributed by atoms with Crippen LogP contribution >= 0.6 is 27.7 Å². The van der Waals surface area contributed by atoms with Gasteiger partial charge in [0.15, 0.2) is 0 Å². The first kappa shape index (κ1) is 14.5. The molecule has 2 aromatic carbocycles. The molecule has 0 aliphatic rings. The Labute approximate surface area is 127 Å². The predicted molar refractivity (Wildman–Crippen MR) is 86.3 cm³/mol. The highest BCUT2D eigenvalue weighted by atomic mass is 79.9. The maximum Gasteiger partial charge on any atom is 0.120 e. The van der Waals surface area contributed by atoms with Crippen molar-refractivity contribution in [3.63, 3.8) is 0 Å². The number of hydrogen-bond acceptors (Lipinski definition) is 2. The minimum absolute atomic E-state index is 0.717. The van der Waals surface area contributed by atoms with Gasteiger partial charge in [-0.05, 0) is 43.7 Å². The third-order valence-electron chi connectivity index (χ3n) is 2.75. The van der Waals surface area contributed by atoms with Gasteiger partial charge in [-0.25, -0.2) is 0 Å². The molecule has 0 saturated heterocycles. The van der Waals surface area contributed by atoms with E-state index in [1.165, 1.54) is 16.0 Å². The van der Waals surface area contributed by atoms with Gasteiger partial charge in [-0.15, -0.1) is 11.8 Å². The quantitative estimate of drug-likeness (QED) is 0.545. The molecule has 19 heavy (non-hydrogen) atoms. The van der Waals surface area contributed by atoms with Crippen LogP contribution in [-0.2, 0) is 0 Å². The monoisotopic (exact) mass is 336 g/mol.